The highest BCUT2D eigenvalue weighted by Crippen LogP contribution is 2.36. The topological polar surface area (TPSA) is 78.3 Å². The average molecular weight is 329 g/mol. The van der Waals surface area contributed by atoms with Crippen LogP contribution in [0.2, 0.25) is 0 Å². The van der Waals surface area contributed by atoms with Gasteiger partial charge >= 0.3 is 0 Å². The zero-order valence-corrected chi connectivity index (χ0v) is 13.8. The van der Waals surface area contributed by atoms with Gasteiger partial charge in [-0.25, -0.2) is 4.98 Å². The van der Waals surface area contributed by atoms with E-state index in [2.05, 4.69) is 15.0 Å². The number of aliphatic imine (C=N–C) groups is 1. The van der Waals surface area contributed by atoms with Gasteiger partial charge in [0.2, 0.25) is 0 Å². The van der Waals surface area contributed by atoms with Crippen LogP contribution in [0, 0.1) is 0 Å². The molecule has 0 fully saturated rings. The fourth-order valence-electron chi connectivity index (χ4n) is 2.87. The number of Topliss-reactive ketones (excluding diaryl/α,β-unsaturated/α-hetero) is 1. The predicted octanol–water partition coefficient (Wildman–Crippen LogP) is 3.43. The highest BCUT2D eigenvalue weighted by Gasteiger charge is 2.30. The SMILES string of the molecule is CC(=NCCc1cnc[nH]1)C1=C(O)CC(c2cccs2)CC1=O. The lowest BCUT2D eigenvalue weighted by atomic mass is 9.84. The Balaban J connectivity index is 1.70. The van der Waals surface area contributed by atoms with E-state index in [1.54, 1.807) is 30.8 Å². The summed E-state index contributed by atoms with van der Waals surface area (Å²) in [4.78, 5) is 25.0. The quantitative estimate of drug-likeness (QED) is 0.825. The maximum absolute atomic E-state index is 12.4. The second kappa shape index (κ2) is 6.91. The first-order valence-electron chi connectivity index (χ1n) is 7.62. The minimum atomic E-state index is -0.0186. The minimum absolute atomic E-state index is 0.0186. The molecule has 1 atom stereocenters. The second-order valence-corrected chi connectivity index (χ2v) is 6.64. The maximum Gasteiger partial charge on any atom is 0.168 e. The fraction of sp³-hybridized carbons (Fsp3) is 0.353. The van der Waals surface area contributed by atoms with Crippen molar-refractivity contribution in [2.45, 2.75) is 32.1 Å². The van der Waals surface area contributed by atoms with Gasteiger partial charge in [-0.15, -0.1) is 11.3 Å². The van der Waals surface area contributed by atoms with Gasteiger partial charge in [-0.05, 0) is 18.4 Å². The summed E-state index contributed by atoms with van der Waals surface area (Å²) in [5, 5.41) is 12.3. The number of ketones is 1. The van der Waals surface area contributed by atoms with Crippen LogP contribution in [0.1, 0.15) is 36.3 Å². The summed E-state index contributed by atoms with van der Waals surface area (Å²) in [6.07, 6.45) is 5.08. The lowest BCUT2D eigenvalue weighted by Gasteiger charge is -2.22. The highest BCUT2D eigenvalue weighted by molar-refractivity contribution is 7.10. The third-order valence-corrected chi connectivity index (χ3v) is 5.07. The third kappa shape index (κ3) is 3.59. The molecule has 2 N–H and O–H groups in total. The monoisotopic (exact) mass is 329 g/mol. The molecule has 23 heavy (non-hydrogen) atoms. The zero-order valence-electron chi connectivity index (χ0n) is 13.0. The molecular formula is C17H19N3O2S. The van der Waals surface area contributed by atoms with Crippen molar-refractivity contribution in [3.63, 3.8) is 0 Å². The van der Waals surface area contributed by atoms with Gasteiger partial charge in [0.05, 0.1) is 11.9 Å². The van der Waals surface area contributed by atoms with Gasteiger partial charge in [0.15, 0.2) is 5.78 Å². The number of thiophene rings is 1. The molecule has 3 rings (SSSR count). The van der Waals surface area contributed by atoms with Crippen molar-refractivity contribution in [1.82, 2.24) is 9.97 Å². The van der Waals surface area contributed by atoms with E-state index in [1.807, 2.05) is 17.5 Å². The van der Waals surface area contributed by atoms with Crippen LogP contribution in [0.5, 0.6) is 0 Å². The molecule has 0 spiro atoms. The molecule has 0 saturated heterocycles. The van der Waals surface area contributed by atoms with Crippen LogP contribution in [0.15, 0.2) is 46.4 Å². The largest absolute Gasteiger partial charge is 0.511 e. The van der Waals surface area contributed by atoms with Crippen LogP contribution in [0.4, 0.5) is 0 Å². The molecule has 0 saturated carbocycles. The zero-order chi connectivity index (χ0) is 16.2. The second-order valence-electron chi connectivity index (χ2n) is 5.66. The number of nitrogens with one attached hydrogen (secondary N) is 1. The Labute approximate surface area is 138 Å². The van der Waals surface area contributed by atoms with Gasteiger partial charge in [0.1, 0.15) is 5.76 Å². The predicted molar refractivity (Wildman–Crippen MR) is 91.2 cm³/mol. The molecule has 1 unspecified atom stereocenters. The number of nitrogens with zero attached hydrogens (tertiary/aromatic N) is 2. The van der Waals surface area contributed by atoms with E-state index in [4.69, 9.17) is 0 Å². The van der Waals surface area contributed by atoms with Crippen molar-refractivity contribution < 1.29 is 9.90 Å². The first-order chi connectivity index (χ1) is 11.1. The number of imidazole rings is 1. The molecule has 2 aromatic heterocycles. The fourth-order valence-corrected chi connectivity index (χ4v) is 3.70. The number of aromatic nitrogens is 2. The van der Waals surface area contributed by atoms with Gasteiger partial charge in [-0.2, -0.15) is 0 Å². The van der Waals surface area contributed by atoms with Crippen molar-refractivity contribution in [3.8, 4) is 0 Å². The standard InChI is InChI=1S/C17H19N3O2S/c1-11(19-5-4-13-9-18-10-20-13)17-14(21)7-12(8-15(17)22)16-3-2-6-23-16/h2-3,6,9-10,12,21H,4-5,7-8H2,1H3,(H,18,20). The number of carbonyl (C=O) groups excluding carboxylic acids is 1. The van der Waals surface area contributed by atoms with E-state index in [0.29, 0.717) is 30.7 Å². The van der Waals surface area contributed by atoms with Crippen molar-refractivity contribution in [2.75, 3.05) is 6.54 Å². The summed E-state index contributed by atoms with van der Waals surface area (Å²) in [6.45, 7) is 2.36. The molecule has 1 aliphatic carbocycles. The molecule has 5 nitrogen and oxygen atoms in total. The van der Waals surface area contributed by atoms with Crippen LogP contribution in [-0.2, 0) is 11.2 Å². The Morgan fingerprint density at radius 3 is 3.04 bits per heavy atom. The molecule has 2 heterocycles. The summed E-state index contributed by atoms with van der Waals surface area (Å²) in [7, 11) is 0. The molecule has 2 aromatic rings. The lowest BCUT2D eigenvalue weighted by molar-refractivity contribution is -0.116. The van der Waals surface area contributed by atoms with Gasteiger partial charge < -0.3 is 10.1 Å². The van der Waals surface area contributed by atoms with E-state index in [9.17, 15) is 9.90 Å². The van der Waals surface area contributed by atoms with Crippen LogP contribution in [0.25, 0.3) is 0 Å². The number of allylic oxidation sites excluding steroid dienone is 2. The molecular weight excluding hydrogens is 310 g/mol. The number of hydrogen-bond donors (Lipinski definition) is 2. The molecule has 0 aromatic carbocycles. The minimum Gasteiger partial charge on any atom is -0.511 e. The Morgan fingerprint density at radius 2 is 2.39 bits per heavy atom. The molecule has 0 bridgehead atoms. The Hall–Kier alpha value is -2.21. The first kappa shape index (κ1) is 15.7. The van der Waals surface area contributed by atoms with Gasteiger partial charge in [0, 0.05) is 54.2 Å². The first-order valence-corrected chi connectivity index (χ1v) is 8.50. The van der Waals surface area contributed by atoms with E-state index < -0.39 is 0 Å². The number of aliphatic hydroxyl groups excluding tert-OH is 1. The molecule has 0 amide bonds. The Morgan fingerprint density at radius 1 is 1.52 bits per heavy atom. The Bertz CT molecular complexity index is 730. The summed E-state index contributed by atoms with van der Waals surface area (Å²) in [6, 6.07) is 4.00. The van der Waals surface area contributed by atoms with Crippen molar-refractivity contribution in [3.05, 3.63) is 51.9 Å². The van der Waals surface area contributed by atoms with Gasteiger partial charge in [-0.3, -0.25) is 9.79 Å². The van der Waals surface area contributed by atoms with E-state index >= 15 is 0 Å². The molecule has 6 heteroatoms. The van der Waals surface area contributed by atoms with Crippen molar-refractivity contribution >= 4 is 22.8 Å². The summed E-state index contributed by atoms with van der Waals surface area (Å²) in [5.41, 5.74) is 2.03. The summed E-state index contributed by atoms with van der Waals surface area (Å²) in [5.74, 6) is 0.237. The third-order valence-electron chi connectivity index (χ3n) is 4.03. The van der Waals surface area contributed by atoms with Gasteiger partial charge in [0.25, 0.3) is 0 Å². The molecule has 0 radical (unpaired) electrons. The van der Waals surface area contributed by atoms with Crippen molar-refractivity contribution in [1.29, 1.82) is 0 Å². The average Bonchev–Trinajstić information content (AvgIpc) is 3.20. The molecule has 1 aliphatic rings. The van der Waals surface area contributed by atoms with Crippen LogP contribution >= 0.6 is 11.3 Å². The van der Waals surface area contributed by atoms with Crippen LogP contribution < -0.4 is 0 Å². The lowest BCUT2D eigenvalue weighted by Crippen LogP contribution is -2.22. The summed E-state index contributed by atoms with van der Waals surface area (Å²) >= 11 is 1.63. The highest BCUT2D eigenvalue weighted by atomic mass is 32.1. The van der Waals surface area contributed by atoms with E-state index in [1.165, 1.54) is 0 Å². The van der Waals surface area contributed by atoms with Crippen LogP contribution in [0.3, 0.4) is 0 Å². The van der Waals surface area contributed by atoms with E-state index in [0.717, 1.165) is 17.0 Å². The number of rotatable bonds is 5. The summed E-state index contributed by atoms with van der Waals surface area (Å²) < 4.78 is 0. The number of H-pyrrole nitrogens is 1. The number of aliphatic hydroxyl groups is 1. The van der Waals surface area contributed by atoms with E-state index in [-0.39, 0.29) is 17.5 Å². The van der Waals surface area contributed by atoms with Crippen molar-refractivity contribution in [2.24, 2.45) is 4.99 Å². The van der Waals surface area contributed by atoms with Gasteiger partial charge in [-0.1, -0.05) is 6.07 Å². The van der Waals surface area contributed by atoms with Crippen LogP contribution in [-0.4, -0.2) is 33.1 Å². The number of carbonyl (C=O) groups is 1. The molecule has 120 valence electrons. The maximum atomic E-state index is 12.4. The normalized spacial score (nSPS) is 19.4. The Kier molecular flexibility index (Phi) is 4.71. The number of aromatic amines is 1. The number of hydrogen-bond acceptors (Lipinski definition) is 5. The molecule has 0 aliphatic heterocycles. The smallest absolute Gasteiger partial charge is 0.168 e.